The maximum atomic E-state index is 3.76. The fourth-order valence-electron chi connectivity index (χ4n) is 1.37. The fourth-order valence-corrected chi connectivity index (χ4v) is 1.37. The largest absolute Gasteiger partial charge is 0.307 e. The van der Waals surface area contributed by atoms with Crippen LogP contribution in [-0.2, 0) is 6.54 Å². The lowest BCUT2D eigenvalue weighted by molar-refractivity contribution is 0.391. The Morgan fingerprint density at radius 1 is 1.29 bits per heavy atom. The minimum Gasteiger partial charge on any atom is -0.307 e. The van der Waals surface area contributed by atoms with Gasteiger partial charge >= 0.3 is 0 Å². The molecule has 14 heavy (non-hydrogen) atoms. The van der Waals surface area contributed by atoms with E-state index in [1.807, 2.05) is 12.1 Å². The molecule has 0 aliphatic heterocycles. The number of benzene rings is 1. The lowest BCUT2D eigenvalue weighted by atomic mass is 10.0. The molecule has 0 heterocycles. The molecular formula is C13H19N. The van der Waals surface area contributed by atoms with Crippen LogP contribution in [0, 0.1) is 0 Å². The molecule has 1 rings (SSSR count). The fraction of sp³-hybridized carbons (Fsp3) is 0.385. The van der Waals surface area contributed by atoms with E-state index in [1.54, 1.807) is 0 Å². The minimum absolute atomic E-state index is 0.136. The Labute approximate surface area is 86.8 Å². The van der Waals surface area contributed by atoms with Crippen LogP contribution in [0.1, 0.15) is 25.8 Å². The summed E-state index contributed by atoms with van der Waals surface area (Å²) in [5.74, 6) is 0. The van der Waals surface area contributed by atoms with Crippen molar-refractivity contribution >= 4 is 0 Å². The Kier molecular flexibility index (Phi) is 3.90. The lowest BCUT2D eigenvalue weighted by Gasteiger charge is -2.24. The summed E-state index contributed by atoms with van der Waals surface area (Å²) < 4.78 is 0. The summed E-state index contributed by atoms with van der Waals surface area (Å²) in [6, 6.07) is 10.4. The first-order chi connectivity index (χ1) is 6.64. The highest BCUT2D eigenvalue weighted by Crippen LogP contribution is 2.10. The summed E-state index contributed by atoms with van der Waals surface area (Å²) in [6.07, 6.45) is 2.94. The van der Waals surface area contributed by atoms with Crippen LogP contribution >= 0.6 is 0 Å². The SMILES string of the molecule is C=CCC(C)(C)NCc1ccccc1. The van der Waals surface area contributed by atoms with Crippen LogP contribution in [0.25, 0.3) is 0 Å². The zero-order valence-electron chi connectivity index (χ0n) is 9.09. The molecule has 0 aliphatic rings. The Morgan fingerprint density at radius 2 is 1.93 bits per heavy atom. The molecule has 0 saturated carbocycles. The molecule has 1 heteroatoms. The van der Waals surface area contributed by atoms with Crippen LogP contribution in [0.3, 0.4) is 0 Å². The van der Waals surface area contributed by atoms with Gasteiger partial charge in [-0.05, 0) is 25.8 Å². The maximum Gasteiger partial charge on any atom is 0.0210 e. The van der Waals surface area contributed by atoms with Crippen molar-refractivity contribution in [1.82, 2.24) is 5.32 Å². The van der Waals surface area contributed by atoms with E-state index < -0.39 is 0 Å². The van der Waals surface area contributed by atoms with E-state index in [0.29, 0.717) is 0 Å². The monoisotopic (exact) mass is 189 g/mol. The van der Waals surface area contributed by atoms with Crippen LogP contribution in [-0.4, -0.2) is 5.54 Å². The zero-order chi connectivity index (χ0) is 10.4. The molecule has 0 fully saturated rings. The molecule has 0 saturated heterocycles. The predicted octanol–water partition coefficient (Wildman–Crippen LogP) is 3.13. The number of hydrogen-bond acceptors (Lipinski definition) is 1. The van der Waals surface area contributed by atoms with Gasteiger partial charge < -0.3 is 5.32 Å². The van der Waals surface area contributed by atoms with E-state index in [0.717, 1.165) is 13.0 Å². The summed E-state index contributed by atoms with van der Waals surface area (Å²) in [4.78, 5) is 0. The van der Waals surface area contributed by atoms with Gasteiger partial charge in [-0.2, -0.15) is 0 Å². The van der Waals surface area contributed by atoms with Crippen molar-refractivity contribution in [3.05, 3.63) is 48.6 Å². The van der Waals surface area contributed by atoms with Crippen molar-refractivity contribution < 1.29 is 0 Å². The van der Waals surface area contributed by atoms with Gasteiger partial charge in [0.05, 0.1) is 0 Å². The first kappa shape index (κ1) is 11.0. The molecule has 0 radical (unpaired) electrons. The van der Waals surface area contributed by atoms with E-state index in [4.69, 9.17) is 0 Å². The van der Waals surface area contributed by atoms with Gasteiger partial charge in [0.25, 0.3) is 0 Å². The molecule has 1 aromatic carbocycles. The molecule has 0 atom stereocenters. The Bertz CT molecular complexity index is 275. The summed E-state index contributed by atoms with van der Waals surface area (Å²) in [5, 5.41) is 3.50. The molecule has 76 valence electrons. The third-order valence-electron chi connectivity index (χ3n) is 2.27. The van der Waals surface area contributed by atoms with E-state index in [-0.39, 0.29) is 5.54 Å². The topological polar surface area (TPSA) is 12.0 Å². The van der Waals surface area contributed by atoms with Crippen LogP contribution in [0.4, 0.5) is 0 Å². The normalized spacial score (nSPS) is 11.3. The zero-order valence-corrected chi connectivity index (χ0v) is 9.09. The van der Waals surface area contributed by atoms with E-state index in [1.165, 1.54) is 5.56 Å². The number of rotatable bonds is 5. The summed E-state index contributed by atoms with van der Waals surface area (Å²) >= 11 is 0. The molecule has 0 unspecified atom stereocenters. The molecule has 1 nitrogen and oxygen atoms in total. The Balaban J connectivity index is 2.44. The van der Waals surface area contributed by atoms with E-state index in [2.05, 4.69) is 50.0 Å². The average Bonchev–Trinajstić information content (AvgIpc) is 2.17. The predicted molar refractivity (Wildman–Crippen MR) is 62.2 cm³/mol. The smallest absolute Gasteiger partial charge is 0.0210 e. The van der Waals surface area contributed by atoms with Gasteiger partial charge in [-0.25, -0.2) is 0 Å². The number of nitrogens with one attached hydrogen (secondary N) is 1. The molecule has 0 bridgehead atoms. The third kappa shape index (κ3) is 3.75. The second-order valence-electron chi connectivity index (χ2n) is 4.22. The van der Waals surface area contributed by atoms with Gasteiger partial charge in [-0.3, -0.25) is 0 Å². The van der Waals surface area contributed by atoms with Crippen molar-refractivity contribution in [2.24, 2.45) is 0 Å². The van der Waals surface area contributed by atoms with Gasteiger partial charge in [0.1, 0.15) is 0 Å². The molecular weight excluding hydrogens is 170 g/mol. The third-order valence-corrected chi connectivity index (χ3v) is 2.27. The first-order valence-electron chi connectivity index (χ1n) is 5.04. The second-order valence-corrected chi connectivity index (χ2v) is 4.22. The van der Waals surface area contributed by atoms with Gasteiger partial charge in [0.2, 0.25) is 0 Å². The molecule has 1 aromatic rings. The molecule has 0 amide bonds. The van der Waals surface area contributed by atoms with Gasteiger partial charge in [-0.15, -0.1) is 6.58 Å². The Hall–Kier alpha value is -1.08. The summed E-state index contributed by atoms with van der Waals surface area (Å²) in [6.45, 7) is 9.06. The van der Waals surface area contributed by atoms with E-state index >= 15 is 0 Å². The van der Waals surface area contributed by atoms with Crippen molar-refractivity contribution in [2.75, 3.05) is 0 Å². The molecule has 0 spiro atoms. The standard InChI is InChI=1S/C13H19N/c1-4-10-13(2,3)14-11-12-8-6-5-7-9-12/h4-9,14H,1,10-11H2,2-3H3. The Morgan fingerprint density at radius 3 is 2.50 bits per heavy atom. The van der Waals surface area contributed by atoms with Crippen LogP contribution in [0.5, 0.6) is 0 Å². The highest BCUT2D eigenvalue weighted by molar-refractivity contribution is 5.14. The van der Waals surface area contributed by atoms with Crippen molar-refractivity contribution in [2.45, 2.75) is 32.4 Å². The van der Waals surface area contributed by atoms with Crippen molar-refractivity contribution in [1.29, 1.82) is 0 Å². The average molecular weight is 189 g/mol. The van der Waals surface area contributed by atoms with Crippen molar-refractivity contribution in [3.63, 3.8) is 0 Å². The minimum atomic E-state index is 0.136. The quantitative estimate of drug-likeness (QED) is 0.702. The van der Waals surface area contributed by atoms with Crippen LogP contribution in [0.2, 0.25) is 0 Å². The van der Waals surface area contributed by atoms with Gasteiger partial charge in [0.15, 0.2) is 0 Å². The lowest BCUT2D eigenvalue weighted by Crippen LogP contribution is -2.38. The highest BCUT2D eigenvalue weighted by atomic mass is 14.9. The van der Waals surface area contributed by atoms with Crippen molar-refractivity contribution in [3.8, 4) is 0 Å². The summed E-state index contributed by atoms with van der Waals surface area (Å²) in [5.41, 5.74) is 1.46. The van der Waals surface area contributed by atoms with Crippen LogP contribution in [0.15, 0.2) is 43.0 Å². The molecule has 0 aromatic heterocycles. The van der Waals surface area contributed by atoms with Gasteiger partial charge in [0, 0.05) is 12.1 Å². The summed E-state index contributed by atoms with van der Waals surface area (Å²) in [7, 11) is 0. The molecule has 1 N–H and O–H groups in total. The number of hydrogen-bond donors (Lipinski definition) is 1. The highest BCUT2D eigenvalue weighted by Gasteiger charge is 2.13. The first-order valence-corrected chi connectivity index (χ1v) is 5.04. The van der Waals surface area contributed by atoms with Gasteiger partial charge in [-0.1, -0.05) is 36.4 Å². The second kappa shape index (κ2) is 4.97. The van der Waals surface area contributed by atoms with E-state index in [9.17, 15) is 0 Å². The molecule has 0 aliphatic carbocycles. The van der Waals surface area contributed by atoms with Crippen LogP contribution < -0.4 is 5.32 Å². The maximum absolute atomic E-state index is 3.76.